The van der Waals surface area contributed by atoms with Gasteiger partial charge < -0.3 is 15.5 Å². The molecule has 0 saturated carbocycles. The maximum Gasteiger partial charge on any atom is 0.495 e. The Bertz CT molecular complexity index is 1220. The Kier molecular flexibility index (Phi) is 5.72. The van der Waals surface area contributed by atoms with Crippen molar-refractivity contribution >= 4 is 23.4 Å². The zero-order chi connectivity index (χ0) is 21.6. The SMILES string of the molecule is CC1(C)OB(c2cc(-c3ccccc3)c(-c3ccccc3)c3ccccc23)OC1(C)C.N. The van der Waals surface area contributed by atoms with Crippen LogP contribution in [0.5, 0.6) is 0 Å². The molecule has 4 heteroatoms. The lowest BCUT2D eigenvalue weighted by Crippen LogP contribution is -2.41. The predicted molar refractivity (Wildman–Crippen MR) is 136 cm³/mol. The van der Waals surface area contributed by atoms with Crippen molar-refractivity contribution < 1.29 is 9.31 Å². The standard InChI is InChI=1S/C28H27BO2.H3N/c1-27(2)28(3,4)31-29(30-27)25-19-24(20-13-7-5-8-14-20)26(21-15-9-6-10-16-21)23-18-12-11-17-22(23)25;/h5-19H,1-4H3;1H3. The van der Waals surface area contributed by atoms with Crippen LogP contribution in [0.1, 0.15) is 27.7 Å². The van der Waals surface area contributed by atoms with Gasteiger partial charge in [-0.1, -0.05) is 91.0 Å². The highest BCUT2D eigenvalue weighted by molar-refractivity contribution is 6.65. The van der Waals surface area contributed by atoms with E-state index < -0.39 is 7.12 Å². The summed E-state index contributed by atoms with van der Waals surface area (Å²) < 4.78 is 12.9. The molecule has 0 bridgehead atoms. The van der Waals surface area contributed by atoms with Crippen molar-refractivity contribution in [1.82, 2.24) is 6.15 Å². The van der Waals surface area contributed by atoms with Crippen molar-refractivity contribution in [3.8, 4) is 22.3 Å². The van der Waals surface area contributed by atoms with Gasteiger partial charge in [0.2, 0.25) is 0 Å². The van der Waals surface area contributed by atoms with E-state index in [0.29, 0.717) is 0 Å². The van der Waals surface area contributed by atoms with Crippen molar-refractivity contribution in [1.29, 1.82) is 0 Å². The molecule has 1 aliphatic heterocycles. The third-order valence-electron chi connectivity index (χ3n) is 6.73. The smallest absolute Gasteiger partial charge is 0.399 e. The van der Waals surface area contributed by atoms with Crippen LogP contribution in [0.3, 0.4) is 0 Å². The van der Waals surface area contributed by atoms with Gasteiger partial charge in [-0.2, -0.15) is 0 Å². The number of hydrogen-bond acceptors (Lipinski definition) is 3. The first kappa shape index (κ1) is 22.3. The van der Waals surface area contributed by atoms with E-state index in [-0.39, 0.29) is 17.4 Å². The molecule has 4 aromatic carbocycles. The molecule has 4 aromatic rings. The van der Waals surface area contributed by atoms with Crippen LogP contribution in [0.25, 0.3) is 33.0 Å². The summed E-state index contributed by atoms with van der Waals surface area (Å²) in [4.78, 5) is 0. The summed E-state index contributed by atoms with van der Waals surface area (Å²) in [6.45, 7) is 8.41. The first-order chi connectivity index (χ1) is 14.9. The zero-order valence-corrected chi connectivity index (χ0v) is 19.3. The Morgan fingerprint density at radius 3 is 1.62 bits per heavy atom. The molecule has 1 fully saturated rings. The fraction of sp³-hybridized carbons (Fsp3) is 0.214. The lowest BCUT2D eigenvalue weighted by molar-refractivity contribution is 0.00578. The van der Waals surface area contributed by atoms with Crippen LogP contribution in [-0.2, 0) is 9.31 Å². The molecule has 1 heterocycles. The molecule has 5 rings (SSSR count). The average Bonchev–Trinajstić information content (AvgIpc) is 3.00. The normalized spacial score (nSPS) is 16.7. The van der Waals surface area contributed by atoms with E-state index in [1.165, 1.54) is 33.0 Å². The van der Waals surface area contributed by atoms with Crippen LogP contribution in [0, 0.1) is 0 Å². The summed E-state index contributed by atoms with van der Waals surface area (Å²) in [6, 6.07) is 32.1. The first-order valence-electron chi connectivity index (χ1n) is 10.9. The van der Waals surface area contributed by atoms with Crippen LogP contribution < -0.4 is 11.6 Å². The Hall–Kier alpha value is -2.92. The number of hydrogen-bond donors (Lipinski definition) is 1. The van der Waals surface area contributed by atoms with E-state index in [4.69, 9.17) is 9.31 Å². The number of fused-ring (bicyclic) bond motifs is 1. The van der Waals surface area contributed by atoms with E-state index in [2.05, 4.69) is 119 Å². The van der Waals surface area contributed by atoms with E-state index in [0.717, 1.165) is 5.46 Å². The van der Waals surface area contributed by atoms with E-state index >= 15 is 0 Å². The monoisotopic (exact) mass is 423 g/mol. The van der Waals surface area contributed by atoms with Gasteiger partial charge in [-0.25, -0.2) is 0 Å². The average molecular weight is 423 g/mol. The molecule has 0 radical (unpaired) electrons. The Labute approximate surface area is 191 Å². The Balaban J connectivity index is 0.00000245. The minimum Gasteiger partial charge on any atom is -0.399 e. The maximum atomic E-state index is 6.47. The summed E-state index contributed by atoms with van der Waals surface area (Å²) in [5.74, 6) is 0. The highest BCUT2D eigenvalue weighted by Gasteiger charge is 2.52. The summed E-state index contributed by atoms with van der Waals surface area (Å²) in [7, 11) is -0.415. The third kappa shape index (κ3) is 3.65. The fourth-order valence-electron chi connectivity index (χ4n) is 4.33. The largest absolute Gasteiger partial charge is 0.495 e. The molecule has 32 heavy (non-hydrogen) atoms. The Morgan fingerprint density at radius 1 is 0.594 bits per heavy atom. The number of benzene rings is 4. The second-order valence-electron chi connectivity index (χ2n) is 9.25. The van der Waals surface area contributed by atoms with Crippen molar-refractivity contribution in [2.75, 3.05) is 0 Å². The highest BCUT2D eigenvalue weighted by atomic mass is 16.7. The molecule has 0 aliphatic carbocycles. The maximum absolute atomic E-state index is 6.47. The number of rotatable bonds is 3. The van der Waals surface area contributed by atoms with Crippen LogP contribution >= 0.6 is 0 Å². The fourth-order valence-corrected chi connectivity index (χ4v) is 4.33. The van der Waals surface area contributed by atoms with Crippen LogP contribution in [0.4, 0.5) is 0 Å². The summed E-state index contributed by atoms with van der Waals surface area (Å²) in [6.07, 6.45) is 0. The van der Waals surface area contributed by atoms with Gasteiger partial charge in [0.1, 0.15) is 0 Å². The van der Waals surface area contributed by atoms with Gasteiger partial charge >= 0.3 is 7.12 Å². The van der Waals surface area contributed by atoms with Crippen molar-refractivity contribution in [2.24, 2.45) is 0 Å². The quantitative estimate of drug-likeness (QED) is 0.376. The summed E-state index contributed by atoms with van der Waals surface area (Å²) >= 11 is 0. The van der Waals surface area contributed by atoms with Gasteiger partial charge in [-0.05, 0) is 66.2 Å². The van der Waals surface area contributed by atoms with Crippen LogP contribution in [-0.4, -0.2) is 18.3 Å². The van der Waals surface area contributed by atoms with Gasteiger partial charge in [0.05, 0.1) is 11.2 Å². The molecule has 0 amide bonds. The van der Waals surface area contributed by atoms with Crippen molar-refractivity contribution in [3.05, 3.63) is 91.0 Å². The minimum atomic E-state index is -0.415. The Morgan fingerprint density at radius 2 is 1.06 bits per heavy atom. The molecular formula is C28H30BNO2. The summed E-state index contributed by atoms with van der Waals surface area (Å²) in [5.41, 5.74) is 5.13. The third-order valence-corrected chi connectivity index (χ3v) is 6.73. The van der Waals surface area contributed by atoms with Gasteiger partial charge in [0.15, 0.2) is 0 Å². The van der Waals surface area contributed by atoms with Crippen LogP contribution in [0.15, 0.2) is 91.0 Å². The van der Waals surface area contributed by atoms with Crippen molar-refractivity contribution in [3.63, 3.8) is 0 Å². The summed E-state index contributed by atoms with van der Waals surface area (Å²) in [5, 5.41) is 2.37. The van der Waals surface area contributed by atoms with Crippen LogP contribution in [0.2, 0.25) is 0 Å². The van der Waals surface area contributed by atoms with E-state index in [1.54, 1.807) is 0 Å². The van der Waals surface area contributed by atoms with Gasteiger partial charge in [0.25, 0.3) is 0 Å². The van der Waals surface area contributed by atoms with Gasteiger partial charge in [-0.3, -0.25) is 0 Å². The molecule has 0 atom stereocenters. The van der Waals surface area contributed by atoms with Gasteiger partial charge in [-0.15, -0.1) is 0 Å². The topological polar surface area (TPSA) is 53.5 Å². The van der Waals surface area contributed by atoms with Gasteiger partial charge in [0, 0.05) is 0 Å². The lowest BCUT2D eigenvalue weighted by atomic mass is 9.73. The second kappa shape index (κ2) is 8.21. The lowest BCUT2D eigenvalue weighted by Gasteiger charge is -2.32. The first-order valence-corrected chi connectivity index (χ1v) is 10.9. The second-order valence-corrected chi connectivity index (χ2v) is 9.25. The molecule has 0 aromatic heterocycles. The predicted octanol–water partition coefficient (Wildman–Crippen LogP) is 6.64. The molecule has 0 spiro atoms. The molecule has 3 N–H and O–H groups in total. The van der Waals surface area contributed by atoms with E-state index in [9.17, 15) is 0 Å². The zero-order valence-electron chi connectivity index (χ0n) is 19.3. The molecule has 162 valence electrons. The minimum absolute atomic E-state index is 0. The molecule has 1 saturated heterocycles. The molecule has 3 nitrogen and oxygen atoms in total. The molecular weight excluding hydrogens is 393 g/mol. The van der Waals surface area contributed by atoms with E-state index in [1.807, 2.05) is 0 Å². The molecule has 1 aliphatic rings. The molecule has 0 unspecified atom stereocenters. The highest BCUT2D eigenvalue weighted by Crippen LogP contribution is 2.40. The van der Waals surface area contributed by atoms with Crippen molar-refractivity contribution in [2.45, 2.75) is 38.9 Å².